The lowest BCUT2D eigenvalue weighted by molar-refractivity contribution is -0.118. The monoisotopic (exact) mass is 354 g/mol. The number of carbonyl (C=O) groups is 1. The third-order valence-electron chi connectivity index (χ3n) is 2.27. The molecule has 6 heteroatoms. The van der Waals surface area contributed by atoms with Crippen molar-refractivity contribution < 1.29 is 13.6 Å². The predicted octanol–water partition coefficient (Wildman–Crippen LogP) is 2.49. The van der Waals surface area contributed by atoms with E-state index in [2.05, 4.69) is 5.32 Å². The molecule has 0 spiro atoms. The molecule has 0 aliphatic rings. The van der Waals surface area contributed by atoms with Gasteiger partial charge in [0, 0.05) is 5.69 Å². The molecule has 0 aliphatic carbocycles. The SMILES string of the molecule is CC(C)[C@H](N)C(=O)Nc1cc(F)c(I)c(F)c1. The topological polar surface area (TPSA) is 55.1 Å². The van der Waals surface area contributed by atoms with Crippen molar-refractivity contribution in [2.24, 2.45) is 11.7 Å². The van der Waals surface area contributed by atoms with E-state index in [1.54, 1.807) is 36.4 Å². The maximum absolute atomic E-state index is 13.2. The second kappa shape index (κ2) is 5.72. The maximum Gasteiger partial charge on any atom is 0.241 e. The Balaban J connectivity index is 2.86. The molecule has 0 heterocycles. The summed E-state index contributed by atoms with van der Waals surface area (Å²) in [4.78, 5) is 11.6. The van der Waals surface area contributed by atoms with Gasteiger partial charge in [0.05, 0.1) is 9.61 Å². The van der Waals surface area contributed by atoms with Gasteiger partial charge in [-0.2, -0.15) is 0 Å². The Bertz CT molecular complexity index is 414. The highest BCUT2D eigenvalue weighted by molar-refractivity contribution is 14.1. The Morgan fingerprint density at radius 3 is 2.24 bits per heavy atom. The quantitative estimate of drug-likeness (QED) is 0.647. The Morgan fingerprint density at radius 2 is 1.82 bits per heavy atom. The van der Waals surface area contributed by atoms with Crippen molar-refractivity contribution in [3.05, 3.63) is 27.3 Å². The van der Waals surface area contributed by atoms with E-state index in [1.807, 2.05) is 0 Å². The van der Waals surface area contributed by atoms with Gasteiger partial charge in [0.2, 0.25) is 5.91 Å². The summed E-state index contributed by atoms with van der Waals surface area (Å²) in [5.74, 6) is -1.92. The van der Waals surface area contributed by atoms with Crippen molar-refractivity contribution in [1.29, 1.82) is 0 Å². The normalized spacial score (nSPS) is 12.6. The molecular formula is C11H13F2IN2O. The lowest BCUT2D eigenvalue weighted by atomic mass is 10.0. The number of carbonyl (C=O) groups excluding carboxylic acids is 1. The zero-order valence-electron chi connectivity index (χ0n) is 9.43. The molecule has 3 N–H and O–H groups in total. The van der Waals surface area contributed by atoms with Gasteiger partial charge in [-0.1, -0.05) is 13.8 Å². The Labute approximate surface area is 112 Å². The van der Waals surface area contributed by atoms with Crippen molar-refractivity contribution in [3.63, 3.8) is 0 Å². The fraction of sp³-hybridized carbons (Fsp3) is 0.364. The van der Waals surface area contributed by atoms with Crippen molar-refractivity contribution >= 4 is 34.2 Å². The van der Waals surface area contributed by atoms with Crippen LogP contribution in [0.5, 0.6) is 0 Å². The third-order valence-corrected chi connectivity index (χ3v) is 3.30. The summed E-state index contributed by atoms with van der Waals surface area (Å²) in [7, 11) is 0. The summed E-state index contributed by atoms with van der Waals surface area (Å²) in [5.41, 5.74) is 5.68. The summed E-state index contributed by atoms with van der Waals surface area (Å²) in [6, 6.07) is 1.42. The number of nitrogens with two attached hydrogens (primary N) is 1. The highest BCUT2D eigenvalue weighted by atomic mass is 127. The van der Waals surface area contributed by atoms with E-state index in [0.717, 1.165) is 12.1 Å². The van der Waals surface area contributed by atoms with E-state index in [0.29, 0.717) is 0 Å². The number of hydrogen-bond donors (Lipinski definition) is 2. The highest BCUT2D eigenvalue weighted by Crippen LogP contribution is 2.20. The minimum atomic E-state index is -0.709. The van der Waals surface area contributed by atoms with Gasteiger partial charge in [0.1, 0.15) is 11.6 Å². The molecule has 0 fully saturated rings. The molecule has 0 saturated carbocycles. The molecule has 0 bridgehead atoms. The Hall–Kier alpha value is -0.760. The lowest BCUT2D eigenvalue weighted by Crippen LogP contribution is -2.39. The van der Waals surface area contributed by atoms with Crippen molar-refractivity contribution in [3.8, 4) is 0 Å². The zero-order chi connectivity index (χ0) is 13.2. The van der Waals surface area contributed by atoms with E-state index in [9.17, 15) is 13.6 Å². The number of anilines is 1. The van der Waals surface area contributed by atoms with E-state index in [4.69, 9.17) is 5.73 Å². The number of nitrogens with one attached hydrogen (secondary N) is 1. The molecule has 0 aromatic heterocycles. The first-order valence-corrected chi connectivity index (χ1v) is 6.11. The molecule has 3 nitrogen and oxygen atoms in total. The fourth-order valence-corrected chi connectivity index (χ4v) is 1.47. The standard InChI is InChI=1S/C11H13F2IN2O/c1-5(2)10(15)11(17)16-6-3-7(12)9(14)8(13)4-6/h3-5,10H,15H2,1-2H3,(H,16,17)/t10-/m0/s1. The van der Waals surface area contributed by atoms with Gasteiger partial charge >= 0.3 is 0 Å². The summed E-state index contributed by atoms with van der Waals surface area (Å²) in [5, 5.41) is 2.38. The van der Waals surface area contributed by atoms with Crippen LogP contribution in [0.3, 0.4) is 0 Å². The maximum atomic E-state index is 13.2. The second-order valence-electron chi connectivity index (χ2n) is 4.01. The van der Waals surface area contributed by atoms with Gasteiger partial charge in [0.15, 0.2) is 0 Å². The highest BCUT2D eigenvalue weighted by Gasteiger charge is 2.18. The number of amides is 1. The molecule has 0 radical (unpaired) electrons. The zero-order valence-corrected chi connectivity index (χ0v) is 11.6. The molecule has 1 amide bonds. The van der Waals surface area contributed by atoms with Crippen molar-refractivity contribution in [1.82, 2.24) is 0 Å². The molecule has 1 rings (SSSR count). The average Bonchev–Trinajstić information content (AvgIpc) is 2.24. The summed E-state index contributed by atoms with van der Waals surface area (Å²) < 4.78 is 26.3. The van der Waals surface area contributed by atoms with Crippen LogP contribution in [0, 0.1) is 21.1 Å². The van der Waals surface area contributed by atoms with Gasteiger partial charge in [-0.25, -0.2) is 8.78 Å². The Morgan fingerprint density at radius 1 is 1.35 bits per heavy atom. The molecule has 17 heavy (non-hydrogen) atoms. The van der Waals surface area contributed by atoms with Gasteiger partial charge in [0.25, 0.3) is 0 Å². The van der Waals surface area contributed by atoms with E-state index in [-0.39, 0.29) is 15.2 Å². The number of rotatable bonds is 3. The van der Waals surface area contributed by atoms with Crippen LogP contribution in [0.1, 0.15) is 13.8 Å². The molecule has 94 valence electrons. The van der Waals surface area contributed by atoms with Gasteiger partial charge in [-0.05, 0) is 40.6 Å². The van der Waals surface area contributed by atoms with E-state index in [1.165, 1.54) is 0 Å². The van der Waals surface area contributed by atoms with Gasteiger partial charge < -0.3 is 11.1 Å². The molecule has 0 unspecified atom stereocenters. The molecule has 0 saturated heterocycles. The second-order valence-corrected chi connectivity index (χ2v) is 5.09. The average molecular weight is 354 g/mol. The minimum absolute atomic E-state index is 0.0476. The van der Waals surface area contributed by atoms with E-state index < -0.39 is 23.6 Å². The first-order valence-electron chi connectivity index (χ1n) is 5.04. The lowest BCUT2D eigenvalue weighted by Gasteiger charge is -2.15. The number of halogens is 3. The van der Waals surface area contributed by atoms with Crippen LogP contribution in [-0.4, -0.2) is 11.9 Å². The Kier molecular flexibility index (Phi) is 4.81. The van der Waals surface area contributed by atoms with Crippen LogP contribution in [0.2, 0.25) is 0 Å². The van der Waals surface area contributed by atoms with Crippen LogP contribution in [-0.2, 0) is 4.79 Å². The first kappa shape index (κ1) is 14.3. The largest absolute Gasteiger partial charge is 0.325 e. The van der Waals surface area contributed by atoms with E-state index >= 15 is 0 Å². The summed E-state index contributed by atoms with van der Waals surface area (Å²) in [6.45, 7) is 3.58. The van der Waals surface area contributed by atoms with Crippen LogP contribution < -0.4 is 11.1 Å². The van der Waals surface area contributed by atoms with Crippen LogP contribution in [0.15, 0.2) is 12.1 Å². The molecule has 1 aromatic carbocycles. The van der Waals surface area contributed by atoms with Crippen molar-refractivity contribution in [2.75, 3.05) is 5.32 Å². The fourth-order valence-electron chi connectivity index (χ4n) is 1.16. The first-order chi connectivity index (χ1) is 7.82. The van der Waals surface area contributed by atoms with Gasteiger partial charge in [-0.3, -0.25) is 4.79 Å². The third kappa shape index (κ3) is 3.60. The summed E-state index contributed by atoms with van der Waals surface area (Å²) >= 11 is 1.56. The smallest absolute Gasteiger partial charge is 0.241 e. The summed E-state index contributed by atoms with van der Waals surface area (Å²) in [6.07, 6.45) is 0. The van der Waals surface area contributed by atoms with Crippen LogP contribution >= 0.6 is 22.6 Å². The molecular weight excluding hydrogens is 341 g/mol. The predicted molar refractivity (Wildman–Crippen MR) is 70.5 cm³/mol. The van der Waals surface area contributed by atoms with Crippen LogP contribution in [0.25, 0.3) is 0 Å². The van der Waals surface area contributed by atoms with Gasteiger partial charge in [-0.15, -0.1) is 0 Å². The molecule has 0 aliphatic heterocycles. The number of hydrogen-bond acceptors (Lipinski definition) is 2. The van der Waals surface area contributed by atoms with Crippen LogP contribution in [0.4, 0.5) is 14.5 Å². The minimum Gasteiger partial charge on any atom is -0.325 e. The van der Waals surface area contributed by atoms with Crippen molar-refractivity contribution in [2.45, 2.75) is 19.9 Å². The molecule has 1 atom stereocenters. The molecule has 1 aromatic rings. The number of benzene rings is 1.